The van der Waals surface area contributed by atoms with Crippen molar-refractivity contribution in [3.05, 3.63) is 70.6 Å². The highest BCUT2D eigenvalue weighted by molar-refractivity contribution is 8.18. The van der Waals surface area contributed by atoms with E-state index in [4.69, 9.17) is 9.47 Å². The third-order valence-electron chi connectivity index (χ3n) is 4.01. The van der Waals surface area contributed by atoms with E-state index in [1.54, 1.807) is 39.0 Å². The number of carbonyl (C=O) groups excluding carboxylic acids is 3. The maximum atomic E-state index is 12.5. The van der Waals surface area contributed by atoms with Gasteiger partial charge in [-0.25, -0.2) is 0 Å². The number of imide groups is 1. The number of hydrogen-bond acceptors (Lipinski definition) is 6. The maximum absolute atomic E-state index is 12.5. The van der Waals surface area contributed by atoms with Gasteiger partial charge in [-0.15, -0.1) is 0 Å². The molecule has 30 heavy (non-hydrogen) atoms. The Hall–Kier alpha value is -3.06. The standard InChI is InChI=1S/C23H23NO5S/c1-23(2,3)29-20(25)14-24-21(26)19(30-22(24)27)13-16-9-11-18(12-10-16)28-15-17-7-5-4-6-8-17/h4-13H,14-15H2,1-3H3. The molecule has 3 rings (SSSR count). The van der Waals surface area contributed by atoms with Crippen LogP contribution in [-0.4, -0.2) is 34.2 Å². The average molecular weight is 426 g/mol. The fraction of sp³-hybridized carbons (Fsp3) is 0.261. The van der Waals surface area contributed by atoms with Crippen molar-refractivity contribution in [3.63, 3.8) is 0 Å². The van der Waals surface area contributed by atoms with E-state index in [1.165, 1.54) is 0 Å². The molecule has 0 N–H and O–H groups in total. The smallest absolute Gasteiger partial charge is 0.326 e. The number of benzene rings is 2. The predicted octanol–water partition coefficient (Wildman–Crippen LogP) is 4.64. The van der Waals surface area contributed by atoms with Crippen molar-refractivity contribution < 1.29 is 23.9 Å². The van der Waals surface area contributed by atoms with Crippen molar-refractivity contribution in [3.8, 4) is 5.75 Å². The van der Waals surface area contributed by atoms with E-state index < -0.39 is 29.3 Å². The zero-order valence-electron chi connectivity index (χ0n) is 17.1. The highest BCUT2D eigenvalue weighted by Crippen LogP contribution is 2.32. The molecule has 1 saturated heterocycles. The molecule has 0 spiro atoms. The molecule has 1 aliphatic rings. The zero-order chi connectivity index (χ0) is 21.7. The van der Waals surface area contributed by atoms with Crippen LogP contribution in [0.15, 0.2) is 59.5 Å². The molecular weight excluding hydrogens is 402 g/mol. The summed E-state index contributed by atoms with van der Waals surface area (Å²) in [4.78, 5) is 37.8. The Bertz CT molecular complexity index is 961. The molecule has 0 radical (unpaired) electrons. The lowest BCUT2D eigenvalue weighted by Gasteiger charge is -2.21. The Balaban J connectivity index is 1.61. The molecule has 0 aliphatic carbocycles. The Morgan fingerprint density at radius 1 is 1.03 bits per heavy atom. The minimum atomic E-state index is -0.682. The van der Waals surface area contributed by atoms with E-state index in [0.717, 1.165) is 27.8 Å². The molecule has 6 nitrogen and oxygen atoms in total. The molecule has 1 fully saturated rings. The van der Waals surface area contributed by atoms with Crippen LogP contribution in [0.25, 0.3) is 6.08 Å². The summed E-state index contributed by atoms with van der Waals surface area (Å²) in [7, 11) is 0. The Labute approximate surface area is 179 Å². The van der Waals surface area contributed by atoms with Crippen LogP contribution in [-0.2, 0) is 20.9 Å². The van der Waals surface area contributed by atoms with Gasteiger partial charge in [0.2, 0.25) is 0 Å². The second kappa shape index (κ2) is 9.17. The van der Waals surface area contributed by atoms with E-state index in [1.807, 2.05) is 42.5 Å². The van der Waals surface area contributed by atoms with Gasteiger partial charge >= 0.3 is 5.97 Å². The SMILES string of the molecule is CC(C)(C)OC(=O)CN1C(=O)SC(=Cc2ccc(OCc3ccccc3)cc2)C1=O. The first-order valence-corrected chi connectivity index (χ1v) is 10.3. The number of nitrogens with zero attached hydrogens (tertiary/aromatic N) is 1. The average Bonchev–Trinajstić information content (AvgIpc) is 2.94. The van der Waals surface area contributed by atoms with Crippen LogP contribution < -0.4 is 4.74 Å². The summed E-state index contributed by atoms with van der Waals surface area (Å²) in [6.07, 6.45) is 1.63. The lowest BCUT2D eigenvalue weighted by molar-refractivity contribution is -0.156. The molecule has 0 aromatic heterocycles. The lowest BCUT2D eigenvalue weighted by atomic mass is 10.2. The van der Waals surface area contributed by atoms with Crippen molar-refractivity contribution in [2.45, 2.75) is 33.0 Å². The van der Waals surface area contributed by atoms with Crippen LogP contribution in [0.4, 0.5) is 4.79 Å². The molecular formula is C23H23NO5S. The van der Waals surface area contributed by atoms with Gasteiger partial charge in [0.15, 0.2) is 0 Å². The minimum absolute atomic E-state index is 0.265. The van der Waals surface area contributed by atoms with Crippen LogP contribution in [0.1, 0.15) is 31.9 Å². The summed E-state index contributed by atoms with van der Waals surface area (Å²) < 4.78 is 10.9. The molecule has 0 saturated carbocycles. The lowest BCUT2D eigenvalue weighted by Crippen LogP contribution is -2.37. The first-order chi connectivity index (χ1) is 14.2. The number of carbonyl (C=O) groups is 3. The van der Waals surface area contributed by atoms with E-state index in [2.05, 4.69) is 0 Å². The first kappa shape index (κ1) is 21.6. The molecule has 0 atom stereocenters. The summed E-state index contributed by atoms with van der Waals surface area (Å²) in [5.74, 6) is -0.416. The Morgan fingerprint density at radius 3 is 2.33 bits per heavy atom. The molecule has 2 aromatic rings. The minimum Gasteiger partial charge on any atom is -0.489 e. The third-order valence-corrected chi connectivity index (χ3v) is 4.91. The molecule has 1 heterocycles. The highest BCUT2D eigenvalue weighted by Gasteiger charge is 2.37. The van der Waals surface area contributed by atoms with Crippen LogP contribution in [0.5, 0.6) is 5.75 Å². The van der Waals surface area contributed by atoms with Crippen molar-refractivity contribution in [1.29, 1.82) is 0 Å². The quantitative estimate of drug-likeness (QED) is 0.496. The number of rotatable bonds is 6. The van der Waals surface area contributed by atoms with E-state index in [0.29, 0.717) is 12.4 Å². The van der Waals surface area contributed by atoms with Crippen molar-refractivity contribution in [2.24, 2.45) is 0 Å². The molecule has 2 amide bonds. The Kier molecular flexibility index (Phi) is 6.62. The second-order valence-corrected chi connectivity index (χ2v) is 8.69. The second-order valence-electron chi connectivity index (χ2n) is 7.70. The number of hydrogen-bond donors (Lipinski definition) is 0. The van der Waals surface area contributed by atoms with E-state index >= 15 is 0 Å². The van der Waals surface area contributed by atoms with Gasteiger partial charge in [0, 0.05) is 0 Å². The van der Waals surface area contributed by atoms with Gasteiger partial charge in [-0.05, 0) is 61.9 Å². The van der Waals surface area contributed by atoms with Gasteiger partial charge in [0.05, 0.1) is 4.91 Å². The summed E-state index contributed by atoms with van der Waals surface area (Å²) in [5.41, 5.74) is 1.14. The molecule has 1 aliphatic heterocycles. The molecule has 2 aromatic carbocycles. The monoisotopic (exact) mass is 425 g/mol. The van der Waals surface area contributed by atoms with Gasteiger partial charge < -0.3 is 9.47 Å². The molecule has 0 bridgehead atoms. The summed E-state index contributed by atoms with van der Waals surface area (Å²) in [5, 5.41) is -0.486. The van der Waals surface area contributed by atoms with Crippen LogP contribution in [0.3, 0.4) is 0 Å². The van der Waals surface area contributed by atoms with Gasteiger partial charge in [-0.3, -0.25) is 19.3 Å². The third kappa shape index (κ3) is 5.97. The number of ether oxygens (including phenoxy) is 2. The summed E-state index contributed by atoms with van der Waals surface area (Å²) in [6, 6.07) is 17.1. The molecule has 156 valence electrons. The van der Waals surface area contributed by atoms with Crippen LogP contribution in [0.2, 0.25) is 0 Å². The van der Waals surface area contributed by atoms with Gasteiger partial charge in [-0.1, -0.05) is 42.5 Å². The van der Waals surface area contributed by atoms with E-state index in [-0.39, 0.29) is 4.91 Å². The van der Waals surface area contributed by atoms with Crippen molar-refractivity contribution in [2.75, 3.05) is 6.54 Å². The molecule has 7 heteroatoms. The highest BCUT2D eigenvalue weighted by atomic mass is 32.2. The van der Waals surface area contributed by atoms with Crippen LogP contribution >= 0.6 is 11.8 Å². The summed E-state index contributed by atoms with van der Waals surface area (Å²) in [6.45, 7) is 5.25. The Morgan fingerprint density at radius 2 is 1.70 bits per heavy atom. The largest absolute Gasteiger partial charge is 0.489 e. The van der Waals surface area contributed by atoms with Gasteiger partial charge in [0.25, 0.3) is 11.1 Å². The summed E-state index contributed by atoms with van der Waals surface area (Å²) >= 11 is 0.808. The van der Waals surface area contributed by atoms with Crippen LogP contribution in [0, 0.1) is 0 Å². The van der Waals surface area contributed by atoms with E-state index in [9.17, 15) is 14.4 Å². The molecule has 0 unspecified atom stereocenters. The van der Waals surface area contributed by atoms with Gasteiger partial charge in [-0.2, -0.15) is 0 Å². The normalized spacial score (nSPS) is 15.6. The van der Waals surface area contributed by atoms with Crippen molar-refractivity contribution in [1.82, 2.24) is 4.90 Å². The zero-order valence-corrected chi connectivity index (χ0v) is 17.9. The maximum Gasteiger partial charge on any atom is 0.326 e. The fourth-order valence-corrected chi connectivity index (χ4v) is 3.53. The van der Waals surface area contributed by atoms with Gasteiger partial charge in [0.1, 0.15) is 24.5 Å². The number of esters is 1. The first-order valence-electron chi connectivity index (χ1n) is 9.45. The number of amides is 2. The fourth-order valence-electron chi connectivity index (χ4n) is 2.69. The predicted molar refractivity (Wildman–Crippen MR) is 116 cm³/mol. The topological polar surface area (TPSA) is 72.9 Å². The number of thioether (sulfide) groups is 1. The van der Waals surface area contributed by atoms with Crippen molar-refractivity contribution >= 4 is 35.0 Å².